The molecule has 0 bridgehead atoms. The number of sulfonamides is 1. The second-order valence-corrected chi connectivity index (χ2v) is 7.53. The van der Waals surface area contributed by atoms with Gasteiger partial charge in [0.05, 0.1) is 18.3 Å². The number of nitrogens with zero attached hydrogens (tertiary/aromatic N) is 1. The molecule has 136 valence electrons. The van der Waals surface area contributed by atoms with E-state index in [0.717, 1.165) is 5.56 Å². The average molecular weight is 358 g/mol. The number of hydrogen-bond donors (Lipinski definition) is 3. The molecular formula is C16H27FN4O2S. The zero-order valence-electron chi connectivity index (χ0n) is 14.7. The molecule has 6 nitrogen and oxygen atoms in total. The highest BCUT2D eigenvalue weighted by Gasteiger charge is 2.10. The summed E-state index contributed by atoms with van der Waals surface area (Å²) in [6, 6.07) is 4.98. The molecule has 1 unspecified atom stereocenters. The number of rotatable bonds is 8. The van der Waals surface area contributed by atoms with Crippen LogP contribution in [0.2, 0.25) is 0 Å². The first-order chi connectivity index (χ1) is 11.3. The van der Waals surface area contributed by atoms with Gasteiger partial charge in [0, 0.05) is 13.1 Å². The summed E-state index contributed by atoms with van der Waals surface area (Å²) in [5.74, 6) is 0.365. The molecule has 0 aromatic heterocycles. The van der Waals surface area contributed by atoms with Crippen molar-refractivity contribution in [2.24, 2.45) is 4.99 Å². The molecule has 0 amide bonds. The van der Waals surface area contributed by atoms with Crippen LogP contribution in [-0.4, -0.2) is 39.8 Å². The minimum absolute atomic E-state index is 0.0467. The molecule has 1 aromatic rings. The summed E-state index contributed by atoms with van der Waals surface area (Å²) in [5.41, 5.74) is 1.42. The molecule has 0 aliphatic heterocycles. The highest BCUT2D eigenvalue weighted by atomic mass is 32.2. The summed E-state index contributed by atoms with van der Waals surface area (Å²) < 4.78 is 38.9. The van der Waals surface area contributed by atoms with Gasteiger partial charge < -0.3 is 10.6 Å². The molecule has 1 aromatic carbocycles. The normalized spacial score (nSPS) is 13.6. The van der Waals surface area contributed by atoms with Crippen molar-refractivity contribution in [1.82, 2.24) is 15.4 Å². The van der Waals surface area contributed by atoms with Gasteiger partial charge in [0.1, 0.15) is 5.82 Å². The van der Waals surface area contributed by atoms with Crippen molar-refractivity contribution in [2.45, 2.75) is 33.7 Å². The van der Waals surface area contributed by atoms with Gasteiger partial charge in [-0.3, -0.25) is 4.99 Å². The van der Waals surface area contributed by atoms with E-state index in [9.17, 15) is 12.8 Å². The maximum absolute atomic E-state index is 13.7. The number of aryl methyl sites for hydroxylation is 1. The highest BCUT2D eigenvalue weighted by molar-refractivity contribution is 7.89. The number of aliphatic imine (C=N–C) groups is 1. The predicted molar refractivity (Wildman–Crippen MR) is 96.1 cm³/mol. The summed E-state index contributed by atoms with van der Waals surface area (Å²) in [5, 5.41) is 6.28. The van der Waals surface area contributed by atoms with E-state index in [1.807, 2.05) is 19.9 Å². The van der Waals surface area contributed by atoms with Crippen LogP contribution in [0, 0.1) is 12.7 Å². The van der Waals surface area contributed by atoms with Crippen LogP contribution in [0.25, 0.3) is 0 Å². The Kier molecular flexibility index (Phi) is 8.14. The molecule has 0 aliphatic carbocycles. The second-order valence-electron chi connectivity index (χ2n) is 5.43. The molecule has 0 radical (unpaired) electrons. The minimum Gasteiger partial charge on any atom is -0.357 e. The van der Waals surface area contributed by atoms with Gasteiger partial charge in [-0.15, -0.1) is 0 Å². The van der Waals surface area contributed by atoms with E-state index in [2.05, 4.69) is 20.3 Å². The van der Waals surface area contributed by atoms with Crippen molar-refractivity contribution in [3.05, 3.63) is 35.1 Å². The molecule has 1 rings (SSSR count). The Hall–Kier alpha value is -1.67. The number of hydrogen-bond acceptors (Lipinski definition) is 3. The third-order valence-corrected chi connectivity index (χ3v) is 4.88. The van der Waals surface area contributed by atoms with Gasteiger partial charge in [0.15, 0.2) is 5.96 Å². The maximum Gasteiger partial charge on any atom is 0.211 e. The van der Waals surface area contributed by atoms with E-state index in [1.54, 1.807) is 19.9 Å². The topological polar surface area (TPSA) is 82.6 Å². The average Bonchev–Trinajstić information content (AvgIpc) is 2.54. The van der Waals surface area contributed by atoms with E-state index in [1.165, 1.54) is 6.07 Å². The van der Waals surface area contributed by atoms with Crippen LogP contribution in [-0.2, 0) is 10.0 Å². The SMILES string of the molecule is CCNC(=NCCNS(=O)(=O)CC)NC(C)c1ccc(C)c(F)c1. The summed E-state index contributed by atoms with van der Waals surface area (Å²) in [4.78, 5) is 4.33. The van der Waals surface area contributed by atoms with Gasteiger partial charge in [-0.05, 0) is 44.9 Å². The van der Waals surface area contributed by atoms with Crippen molar-refractivity contribution in [2.75, 3.05) is 25.4 Å². The summed E-state index contributed by atoms with van der Waals surface area (Å²) >= 11 is 0. The third-order valence-electron chi connectivity index (χ3n) is 3.48. The molecule has 0 saturated carbocycles. The first-order valence-corrected chi connectivity index (χ1v) is 9.72. The molecule has 24 heavy (non-hydrogen) atoms. The Morgan fingerprint density at radius 3 is 2.62 bits per heavy atom. The van der Waals surface area contributed by atoms with Crippen LogP contribution in [0.15, 0.2) is 23.2 Å². The van der Waals surface area contributed by atoms with E-state index < -0.39 is 10.0 Å². The van der Waals surface area contributed by atoms with Gasteiger partial charge in [-0.2, -0.15) is 0 Å². The molecule has 8 heteroatoms. The fourth-order valence-corrected chi connectivity index (χ4v) is 2.56. The van der Waals surface area contributed by atoms with Crippen molar-refractivity contribution < 1.29 is 12.8 Å². The van der Waals surface area contributed by atoms with Gasteiger partial charge in [-0.1, -0.05) is 12.1 Å². The number of benzene rings is 1. The molecule has 3 N–H and O–H groups in total. The number of nitrogens with one attached hydrogen (secondary N) is 3. The molecule has 0 aliphatic rings. The van der Waals surface area contributed by atoms with Crippen molar-refractivity contribution in [3.8, 4) is 0 Å². The van der Waals surface area contributed by atoms with E-state index in [4.69, 9.17) is 0 Å². The second kappa shape index (κ2) is 9.58. The zero-order valence-corrected chi connectivity index (χ0v) is 15.5. The van der Waals surface area contributed by atoms with Crippen LogP contribution in [0.4, 0.5) is 4.39 Å². The minimum atomic E-state index is -3.21. The Morgan fingerprint density at radius 2 is 2.04 bits per heavy atom. The largest absolute Gasteiger partial charge is 0.357 e. The monoisotopic (exact) mass is 358 g/mol. The lowest BCUT2D eigenvalue weighted by molar-refractivity contribution is 0.583. The zero-order chi connectivity index (χ0) is 18.2. The Balaban J connectivity index is 2.66. The fourth-order valence-electron chi connectivity index (χ4n) is 1.96. The first-order valence-electron chi connectivity index (χ1n) is 8.07. The van der Waals surface area contributed by atoms with Crippen molar-refractivity contribution in [3.63, 3.8) is 0 Å². The fraction of sp³-hybridized carbons (Fsp3) is 0.562. The molecule has 0 heterocycles. The van der Waals surface area contributed by atoms with E-state index in [0.29, 0.717) is 24.6 Å². The van der Waals surface area contributed by atoms with Gasteiger partial charge in [0.25, 0.3) is 0 Å². The van der Waals surface area contributed by atoms with Crippen LogP contribution >= 0.6 is 0 Å². The molecular weight excluding hydrogens is 331 g/mol. The summed E-state index contributed by atoms with van der Waals surface area (Å²) in [6.07, 6.45) is 0. The van der Waals surface area contributed by atoms with Gasteiger partial charge in [0.2, 0.25) is 10.0 Å². The number of guanidine groups is 1. The van der Waals surface area contributed by atoms with Crippen LogP contribution in [0.1, 0.15) is 37.9 Å². The van der Waals surface area contributed by atoms with Gasteiger partial charge in [-0.25, -0.2) is 17.5 Å². The highest BCUT2D eigenvalue weighted by Crippen LogP contribution is 2.16. The summed E-state index contributed by atoms with van der Waals surface area (Å²) in [7, 11) is -3.21. The van der Waals surface area contributed by atoms with Crippen LogP contribution in [0.5, 0.6) is 0 Å². The quantitative estimate of drug-likeness (QED) is 0.375. The maximum atomic E-state index is 13.7. The Bertz CT molecular complexity index is 662. The lowest BCUT2D eigenvalue weighted by atomic mass is 10.1. The molecule has 0 fully saturated rings. The summed E-state index contributed by atoms with van der Waals surface area (Å²) in [6.45, 7) is 8.37. The standard InChI is InChI=1S/C16H27FN4O2S/c1-5-18-16(19-9-10-20-24(22,23)6-2)21-13(4)14-8-7-12(3)15(17)11-14/h7-8,11,13,20H,5-6,9-10H2,1-4H3,(H2,18,19,21). The molecule has 1 atom stereocenters. The van der Waals surface area contributed by atoms with Crippen LogP contribution in [0.3, 0.4) is 0 Å². The van der Waals surface area contributed by atoms with Crippen molar-refractivity contribution in [1.29, 1.82) is 0 Å². The van der Waals surface area contributed by atoms with Gasteiger partial charge >= 0.3 is 0 Å². The number of halogens is 1. The van der Waals surface area contributed by atoms with E-state index >= 15 is 0 Å². The lowest BCUT2D eigenvalue weighted by Crippen LogP contribution is -2.39. The van der Waals surface area contributed by atoms with E-state index in [-0.39, 0.29) is 24.2 Å². The molecule has 0 saturated heterocycles. The van der Waals surface area contributed by atoms with Crippen molar-refractivity contribution >= 4 is 16.0 Å². The Labute approximate surface area is 144 Å². The molecule has 0 spiro atoms. The third kappa shape index (κ3) is 6.84. The lowest BCUT2D eigenvalue weighted by Gasteiger charge is -2.18. The smallest absolute Gasteiger partial charge is 0.211 e. The Morgan fingerprint density at radius 1 is 1.33 bits per heavy atom. The predicted octanol–water partition coefficient (Wildman–Crippen LogP) is 1.69. The first kappa shape index (κ1) is 20.4. The van der Waals surface area contributed by atoms with Crippen LogP contribution < -0.4 is 15.4 Å².